The van der Waals surface area contributed by atoms with Gasteiger partial charge in [-0.25, -0.2) is 4.98 Å². The van der Waals surface area contributed by atoms with Crippen molar-refractivity contribution in [3.8, 4) is 0 Å². The SMILES string of the molecule is Cc1cnc(NC(C)CN2CCCCC2)cc1[N+](=O)[O-]. The summed E-state index contributed by atoms with van der Waals surface area (Å²) in [4.78, 5) is 17.2. The Kier molecular flexibility index (Phi) is 4.89. The summed E-state index contributed by atoms with van der Waals surface area (Å²) in [7, 11) is 0. The third kappa shape index (κ3) is 3.90. The number of nitrogens with one attached hydrogen (secondary N) is 1. The molecule has 0 spiro atoms. The second-order valence-electron chi connectivity index (χ2n) is 5.52. The number of hydrogen-bond donors (Lipinski definition) is 1. The lowest BCUT2D eigenvalue weighted by atomic mass is 10.1. The van der Waals surface area contributed by atoms with Crippen molar-refractivity contribution in [2.45, 2.75) is 39.2 Å². The van der Waals surface area contributed by atoms with Crippen molar-refractivity contribution in [3.05, 3.63) is 27.9 Å². The van der Waals surface area contributed by atoms with E-state index in [1.807, 2.05) is 0 Å². The Morgan fingerprint density at radius 3 is 2.80 bits per heavy atom. The highest BCUT2D eigenvalue weighted by Crippen LogP contribution is 2.20. The molecule has 0 saturated carbocycles. The van der Waals surface area contributed by atoms with Crippen LogP contribution in [0.3, 0.4) is 0 Å². The number of pyridine rings is 1. The molecule has 0 amide bonds. The highest BCUT2D eigenvalue weighted by Gasteiger charge is 2.16. The molecule has 1 fully saturated rings. The smallest absolute Gasteiger partial charge is 0.277 e. The fourth-order valence-corrected chi connectivity index (χ4v) is 2.62. The number of nitro groups is 1. The molecule has 1 N–H and O–H groups in total. The lowest BCUT2D eigenvalue weighted by Gasteiger charge is -2.29. The molecule has 20 heavy (non-hydrogen) atoms. The van der Waals surface area contributed by atoms with E-state index in [-0.39, 0.29) is 16.7 Å². The summed E-state index contributed by atoms with van der Waals surface area (Å²) in [6.45, 7) is 7.03. The molecule has 6 heteroatoms. The predicted molar refractivity (Wildman–Crippen MR) is 79.0 cm³/mol. The van der Waals surface area contributed by atoms with Crippen molar-refractivity contribution in [2.75, 3.05) is 25.0 Å². The average molecular weight is 278 g/mol. The van der Waals surface area contributed by atoms with Crippen molar-refractivity contribution in [1.82, 2.24) is 9.88 Å². The van der Waals surface area contributed by atoms with Gasteiger partial charge in [-0.05, 0) is 39.8 Å². The van der Waals surface area contributed by atoms with Gasteiger partial charge in [-0.3, -0.25) is 10.1 Å². The Labute approximate surface area is 119 Å². The Hall–Kier alpha value is -1.69. The quantitative estimate of drug-likeness (QED) is 0.662. The van der Waals surface area contributed by atoms with Gasteiger partial charge >= 0.3 is 0 Å². The van der Waals surface area contributed by atoms with Gasteiger partial charge in [0.1, 0.15) is 5.82 Å². The minimum Gasteiger partial charge on any atom is -0.366 e. The summed E-state index contributed by atoms with van der Waals surface area (Å²) in [5.74, 6) is 0.576. The molecule has 2 rings (SSSR count). The normalized spacial score (nSPS) is 17.7. The van der Waals surface area contributed by atoms with E-state index in [9.17, 15) is 10.1 Å². The lowest BCUT2D eigenvalue weighted by molar-refractivity contribution is -0.385. The van der Waals surface area contributed by atoms with E-state index in [0.29, 0.717) is 11.4 Å². The fourth-order valence-electron chi connectivity index (χ4n) is 2.62. The number of likely N-dealkylation sites (tertiary alicyclic amines) is 1. The third-order valence-electron chi connectivity index (χ3n) is 3.65. The molecule has 1 unspecified atom stereocenters. The summed E-state index contributed by atoms with van der Waals surface area (Å²) < 4.78 is 0. The van der Waals surface area contributed by atoms with Gasteiger partial charge in [-0.15, -0.1) is 0 Å². The Balaban J connectivity index is 1.95. The second-order valence-corrected chi connectivity index (χ2v) is 5.52. The van der Waals surface area contributed by atoms with Gasteiger partial charge in [-0.1, -0.05) is 6.42 Å². The number of nitrogens with zero attached hydrogens (tertiary/aromatic N) is 3. The molecule has 1 aromatic heterocycles. The Bertz CT molecular complexity index is 472. The number of aryl methyl sites for hydroxylation is 1. The minimum atomic E-state index is -0.364. The van der Waals surface area contributed by atoms with Gasteiger partial charge in [0.05, 0.1) is 11.0 Å². The first-order valence-corrected chi connectivity index (χ1v) is 7.16. The average Bonchev–Trinajstić information content (AvgIpc) is 2.41. The van der Waals surface area contributed by atoms with Crippen molar-refractivity contribution >= 4 is 11.5 Å². The van der Waals surface area contributed by atoms with Crippen LogP contribution < -0.4 is 5.32 Å². The molecule has 1 aliphatic heterocycles. The highest BCUT2D eigenvalue weighted by atomic mass is 16.6. The summed E-state index contributed by atoms with van der Waals surface area (Å²) in [6, 6.07) is 1.74. The van der Waals surface area contributed by atoms with Crippen LogP contribution in [0.2, 0.25) is 0 Å². The molecule has 0 aliphatic carbocycles. The number of anilines is 1. The van der Waals surface area contributed by atoms with Crippen LogP contribution in [0, 0.1) is 17.0 Å². The molecular formula is C14H22N4O2. The number of rotatable bonds is 5. The van der Waals surface area contributed by atoms with Crippen molar-refractivity contribution in [2.24, 2.45) is 0 Å². The van der Waals surface area contributed by atoms with Crippen molar-refractivity contribution in [3.63, 3.8) is 0 Å². The highest BCUT2D eigenvalue weighted by molar-refractivity contribution is 5.49. The fraction of sp³-hybridized carbons (Fsp3) is 0.643. The molecule has 0 aromatic carbocycles. The number of piperidine rings is 1. The van der Waals surface area contributed by atoms with Crippen LogP contribution in [0.5, 0.6) is 0 Å². The standard InChI is InChI=1S/C14H22N4O2/c1-11-9-15-14(8-13(11)18(19)20)16-12(2)10-17-6-4-3-5-7-17/h8-9,12H,3-7,10H2,1-2H3,(H,15,16). The molecule has 110 valence electrons. The second kappa shape index (κ2) is 6.65. The van der Waals surface area contributed by atoms with Gasteiger partial charge in [0, 0.05) is 24.3 Å². The zero-order chi connectivity index (χ0) is 14.5. The minimum absolute atomic E-state index is 0.118. The molecule has 1 saturated heterocycles. The maximum Gasteiger partial charge on any atom is 0.277 e. The summed E-state index contributed by atoms with van der Waals surface area (Å²) in [5, 5.41) is 14.2. The van der Waals surface area contributed by atoms with Gasteiger partial charge in [-0.2, -0.15) is 0 Å². The number of hydrogen-bond acceptors (Lipinski definition) is 5. The maximum absolute atomic E-state index is 10.9. The monoisotopic (exact) mass is 278 g/mol. The predicted octanol–water partition coefficient (Wildman–Crippen LogP) is 2.58. The van der Waals surface area contributed by atoms with Gasteiger partial charge < -0.3 is 10.2 Å². The zero-order valence-corrected chi connectivity index (χ0v) is 12.1. The van der Waals surface area contributed by atoms with Crippen LogP contribution in [-0.4, -0.2) is 40.5 Å². The van der Waals surface area contributed by atoms with Crippen LogP contribution in [0.15, 0.2) is 12.3 Å². The largest absolute Gasteiger partial charge is 0.366 e. The van der Waals surface area contributed by atoms with E-state index >= 15 is 0 Å². The van der Waals surface area contributed by atoms with Crippen LogP contribution in [-0.2, 0) is 0 Å². The van der Waals surface area contributed by atoms with E-state index < -0.39 is 0 Å². The van der Waals surface area contributed by atoms with Crippen molar-refractivity contribution in [1.29, 1.82) is 0 Å². The third-order valence-corrected chi connectivity index (χ3v) is 3.65. The van der Waals surface area contributed by atoms with Gasteiger partial charge in [0.15, 0.2) is 0 Å². The molecule has 1 atom stereocenters. The zero-order valence-electron chi connectivity index (χ0n) is 12.1. The number of aromatic nitrogens is 1. The Morgan fingerprint density at radius 2 is 2.15 bits per heavy atom. The maximum atomic E-state index is 10.9. The molecular weight excluding hydrogens is 256 g/mol. The van der Waals surface area contributed by atoms with Crippen LogP contribution in [0.25, 0.3) is 0 Å². The van der Waals surface area contributed by atoms with Crippen LogP contribution in [0.1, 0.15) is 31.7 Å². The molecule has 6 nitrogen and oxygen atoms in total. The van der Waals surface area contributed by atoms with E-state index in [4.69, 9.17) is 0 Å². The van der Waals surface area contributed by atoms with Crippen molar-refractivity contribution < 1.29 is 4.92 Å². The molecule has 1 aliphatic rings. The first kappa shape index (κ1) is 14.7. The van der Waals surface area contributed by atoms with E-state index in [0.717, 1.165) is 19.6 Å². The topological polar surface area (TPSA) is 71.3 Å². The van der Waals surface area contributed by atoms with Gasteiger partial charge in [0.25, 0.3) is 5.69 Å². The summed E-state index contributed by atoms with van der Waals surface area (Å²) >= 11 is 0. The summed E-state index contributed by atoms with van der Waals surface area (Å²) in [6.07, 6.45) is 5.40. The molecule has 0 radical (unpaired) electrons. The van der Waals surface area contributed by atoms with Gasteiger partial charge in [0.2, 0.25) is 0 Å². The summed E-state index contributed by atoms with van der Waals surface area (Å²) in [5.41, 5.74) is 0.705. The van der Waals surface area contributed by atoms with Crippen LogP contribution in [0.4, 0.5) is 11.5 Å². The molecule has 1 aromatic rings. The van der Waals surface area contributed by atoms with E-state index in [2.05, 4.69) is 22.1 Å². The van der Waals surface area contributed by atoms with Crippen LogP contribution >= 0.6 is 0 Å². The molecule has 2 heterocycles. The van der Waals surface area contributed by atoms with E-state index in [1.165, 1.54) is 25.3 Å². The van der Waals surface area contributed by atoms with E-state index in [1.54, 1.807) is 13.1 Å². The first-order chi connectivity index (χ1) is 9.56. The Morgan fingerprint density at radius 1 is 1.45 bits per heavy atom. The molecule has 0 bridgehead atoms. The first-order valence-electron chi connectivity index (χ1n) is 7.16. The lowest BCUT2D eigenvalue weighted by Crippen LogP contribution is -2.38.